The molecule has 0 saturated heterocycles. The quantitative estimate of drug-likeness (QED) is 0.194. The molecule has 10 rings (SSSR count). The Kier molecular flexibility index (Phi) is 6.05. The molecule has 0 atom stereocenters. The molecule has 4 heteroatoms. The van der Waals surface area contributed by atoms with Gasteiger partial charge in [0.25, 0.3) is 0 Å². The molecule has 0 unspecified atom stereocenters. The first kappa shape index (κ1) is 27.1. The smallest absolute Gasteiger partial charge is 0.246 e. The molecular weight excluding hydrogens is 605 g/mol. The molecule has 0 radical (unpaired) electrons. The molecule has 3 heterocycles. The summed E-state index contributed by atoms with van der Waals surface area (Å²) in [4.78, 5) is 9.93. The van der Waals surface area contributed by atoms with Crippen molar-refractivity contribution < 1.29 is 4.42 Å². The van der Waals surface area contributed by atoms with E-state index < -0.39 is 0 Å². The van der Waals surface area contributed by atoms with Gasteiger partial charge >= 0.3 is 0 Å². The van der Waals surface area contributed by atoms with E-state index in [1.165, 1.54) is 42.4 Å². The minimum atomic E-state index is 0.549. The van der Waals surface area contributed by atoms with Crippen molar-refractivity contribution in [2.24, 2.45) is 0 Å². The molecule has 0 spiro atoms. The lowest BCUT2D eigenvalue weighted by Crippen LogP contribution is -1.87. The molecule has 0 aliphatic rings. The van der Waals surface area contributed by atoms with Gasteiger partial charge in [-0.05, 0) is 75.3 Å². The van der Waals surface area contributed by atoms with Crippen LogP contribution in [-0.2, 0) is 0 Å². The summed E-state index contributed by atoms with van der Waals surface area (Å²) in [6, 6.07) is 55.9. The molecule has 224 valence electrons. The Bertz CT molecular complexity index is 2830. The highest BCUT2D eigenvalue weighted by molar-refractivity contribution is 7.26. The van der Waals surface area contributed by atoms with Crippen LogP contribution in [0.4, 0.5) is 0 Å². The average Bonchev–Trinajstić information content (AvgIpc) is 3.72. The van der Waals surface area contributed by atoms with Gasteiger partial charge in [-0.15, -0.1) is 11.3 Å². The van der Waals surface area contributed by atoms with Crippen LogP contribution in [0.3, 0.4) is 0 Å². The van der Waals surface area contributed by atoms with Gasteiger partial charge in [0.2, 0.25) is 5.71 Å². The van der Waals surface area contributed by atoms with Crippen LogP contribution in [0.15, 0.2) is 162 Å². The first-order valence-corrected chi connectivity index (χ1v) is 16.9. The summed E-state index contributed by atoms with van der Waals surface area (Å²) in [6.07, 6.45) is 0. The third kappa shape index (κ3) is 4.34. The van der Waals surface area contributed by atoms with Gasteiger partial charge in [-0.25, -0.2) is 9.97 Å². The number of thiophene rings is 1. The van der Waals surface area contributed by atoms with Crippen LogP contribution in [0.2, 0.25) is 0 Å². The van der Waals surface area contributed by atoms with Crippen LogP contribution < -0.4 is 0 Å². The molecule has 0 fully saturated rings. The number of rotatable bonds is 4. The molecule has 0 saturated carbocycles. The van der Waals surface area contributed by atoms with Gasteiger partial charge in [0, 0.05) is 31.1 Å². The second kappa shape index (κ2) is 10.7. The van der Waals surface area contributed by atoms with Gasteiger partial charge in [0.05, 0.1) is 11.0 Å². The summed E-state index contributed by atoms with van der Waals surface area (Å²) >= 11 is 1.86. The number of para-hydroxylation sites is 2. The average molecular weight is 631 g/mol. The van der Waals surface area contributed by atoms with E-state index in [4.69, 9.17) is 14.4 Å². The molecule has 0 amide bonds. The Labute approximate surface area is 280 Å². The molecule has 0 bridgehead atoms. The molecule has 0 N–H and O–H groups in total. The number of aromatic nitrogens is 2. The van der Waals surface area contributed by atoms with E-state index in [1.807, 2.05) is 41.7 Å². The van der Waals surface area contributed by atoms with Crippen LogP contribution in [0, 0.1) is 0 Å². The normalized spacial score (nSPS) is 11.8. The molecule has 0 aliphatic carbocycles. The topological polar surface area (TPSA) is 38.9 Å². The predicted octanol–water partition coefficient (Wildman–Crippen LogP) is 12.6. The molecule has 0 aliphatic heterocycles. The van der Waals surface area contributed by atoms with Crippen molar-refractivity contribution in [3.63, 3.8) is 0 Å². The van der Waals surface area contributed by atoms with Crippen LogP contribution in [0.1, 0.15) is 0 Å². The fourth-order valence-corrected chi connectivity index (χ4v) is 8.17. The maximum absolute atomic E-state index is 6.55. The highest BCUT2D eigenvalue weighted by Gasteiger charge is 2.19. The van der Waals surface area contributed by atoms with E-state index in [9.17, 15) is 0 Å². The van der Waals surface area contributed by atoms with Gasteiger partial charge < -0.3 is 4.42 Å². The monoisotopic (exact) mass is 630 g/mol. The summed E-state index contributed by atoms with van der Waals surface area (Å²) in [6.45, 7) is 0. The van der Waals surface area contributed by atoms with Gasteiger partial charge in [-0.3, -0.25) is 0 Å². The zero-order valence-electron chi connectivity index (χ0n) is 25.7. The third-order valence-electron chi connectivity index (χ3n) is 9.30. The number of hydrogen-bond donors (Lipinski definition) is 0. The minimum Gasteiger partial charge on any atom is -0.436 e. The zero-order chi connectivity index (χ0) is 31.6. The summed E-state index contributed by atoms with van der Waals surface area (Å²) in [7, 11) is 0. The van der Waals surface area contributed by atoms with Crippen molar-refractivity contribution in [1.82, 2.24) is 9.97 Å². The number of furan rings is 1. The second-order valence-corrected chi connectivity index (χ2v) is 13.2. The lowest BCUT2D eigenvalue weighted by Gasteiger charge is -2.11. The van der Waals surface area contributed by atoms with Crippen molar-refractivity contribution in [3.05, 3.63) is 158 Å². The van der Waals surface area contributed by atoms with E-state index in [2.05, 4.69) is 127 Å². The highest BCUT2D eigenvalue weighted by Crippen LogP contribution is 2.43. The van der Waals surface area contributed by atoms with Crippen molar-refractivity contribution in [3.8, 4) is 44.5 Å². The molecule has 48 heavy (non-hydrogen) atoms. The Morgan fingerprint density at radius 2 is 1.08 bits per heavy atom. The standard InChI is InChI=1S/C44H26N2OS/c1-2-10-27(11-3-1)28-20-22-29(23-21-28)36-25-32(26-37-41-44(47-42(36)37)46-39-18-6-5-17-38(39)45-41)30-12-8-13-31(24-30)33-15-9-16-35-34-14-4-7-19-40(34)48-43(33)35/h1-26H. The summed E-state index contributed by atoms with van der Waals surface area (Å²) in [5.74, 6) is 0. The summed E-state index contributed by atoms with van der Waals surface area (Å²) < 4.78 is 9.17. The van der Waals surface area contributed by atoms with Crippen LogP contribution in [0.25, 0.3) is 97.9 Å². The number of nitrogens with zero attached hydrogens (tertiary/aromatic N) is 2. The second-order valence-electron chi connectivity index (χ2n) is 12.2. The molecule has 7 aromatic carbocycles. The van der Waals surface area contributed by atoms with Crippen LogP contribution in [-0.4, -0.2) is 9.97 Å². The van der Waals surface area contributed by atoms with E-state index in [0.717, 1.165) is 49.8 Å². The third-order valence-corrected chi connectivity index (χ3v) is 10.5. The van der Waals surface area contributed by atoms with Gasteiger partial charge in [-0.1, -0.05) is 121 Å². The van der Waals surface area contributed by atoms with Gasteiger partial charge in [0.15, 0.2) is 0 Å². The SMILES string of the molecule is c1ccc(-c2ccc(-c3cc(-c4cccc(-c5cccc6c5sc5ccccc56)c4)cc4c3oc3nc5ccccc5nc34)cc2)cc1. The van der Waals surface area contributed by atoms with E-state index in [0.29, 0.717) is 5.71 Å². The minimum absolute atomic E-state index is 0.549. The predicted molar refractivity (Wildman–Crippen MR) is 201 cm³/mol. The molecular formula is C44H26N2OS. The maximum Gasteiger partial charge on any atom is 0.246 e. The molecule has 3 aromatic heterocycles. The maximum atomic E-state index is 6.55. The van der Waals surface area contributed by atoms with Gasteiger partial charge in [-0.2, -0.15) is 0 Å². The first-order chi connectivity index (χ1) is 23.8. The number of hydrogen-bond acceptors (Lipinski definition) is 4. The lowest BCUT2D eigenvalue weighted by molar-refractivity contribution is 0.656. The Morgan fingerprint density at radius 1 is 0.417 bits per heavy atom. The van der Waals surface area contributed by atoms with Gasteiger partial charge in [0.1, 0.15) is 11.1 Å². The molecule has 10 aromatic rings. The highest BCUT2D eigenvalue weighted by atomic mass is 32.1. The Morgan fingerprint density at radius 3 is 1.96 bits per heavy atom. The first-order valence-electron chi connectivity index (χ1n) is 16.1. The number of fused-ring (bicyclic) bond motifs is 7. The lowest BCUT2D eigenvalue weighted by atomic mass is 9.93. The fourth-order valence-electron chi connectivity index (χ4n) is 6.94. The molecule has 3 nitrogen and oxygen atoms in total. The van der Waals surface area contributed by atoms with E-state index in [1.54, 1.807) is 0 Å². The fraction of sp³-hybridized carbons (Fsp3) is 0. The zero-order valence-corrected chi connectivity index (χ0v) is 26.5. The van der Waals surface area contributed by atoms with Crippen LogP contribution in [0.5, 0.6) is 0 Å². The largest absolute Gasteiger partial charge is 0.436 e. The van der Waals surface area contributed by atoms with Crippen molar-refractivity contribution >= 4 is 64.7 Å². The van der Waals surface area contributed by atoms with Crippen molar-refractivity contribution in [2.75, 3.05) is 0 Å². The Hall–Kier alpha value is -6.10. The van der Waals surface area contributed by atoms with Crippen LogP contribution >= 0.6 is 11.3 Å². The van der Waals surface area contributed by atoms with E-state index in [-0.39, 0.29) is 0 Å². The van der Waals surface area contributed by atoms with Crippen molar-refractivity contribution in [1.29, 1.82) is 0 Å². The number of benzene rings is 7. The van der Waals surface area contributed by atoms with Crippen molar-refractivity contribution in [2.45, 2.75) is 0 Å². The Balaban J connectivity index is 1.18. The summed E-state index contributed by atoms with van der Waals surface area (Å²) in [5.41, 5.74) is 12.9. The summed E-state index contributed by atoms with van der Waals surface area (Å²) in [5, 5.41) is 3.57. The van der Waals surface area contributed by atoms with E-state index >= 15 is 0 Å².